The quantitative estimate of drug-likeness (QED) is 0.425. The van der Waals surface area contributed by atoms with Crippen molar-refractivity contribution in [2.24, 2.45) is 0 Å². The molecule has 0 radical (unpaired) electrons. The Balaban J connectivity index is -0.00000000500. The molecule has 4 heavy (non-hydrogen) atoms. The summed E-state index contributed by atoms with van der Waals surface area (Å²) in [5, 5.41) is 12.0. The highest BCUT2D eigenvalue weighted by atomic mass is 35.5. The molecular weight excluding hydrogens is 98.9 g/mol. The Morgan fingerprint density at radius 3 is 0.750 bits per heavy atom. The molecule has 0 spiro atoms. The maximum atomic E-state index is 6.00. The minimum absolute atomic E-state index is 0. The van der Waals surface area contributed by atoms with E-state index in [0.29, 0.717) is 0 Å². The zero-order chi connectivity index (χ0) is 2.00. The van der Waals surface area contributed by atoms with Gasteiger partial charge in [0.25, 0.3) is 0 Å². The molecule has 0 unspecified atom stereocenters. The lowest BCUT2D eigenvalue weighted by molar-refractivity contribution is 1.15. The van der Waals surface area contributed by atoms with E-state index in [1.165, 1.54) is 0 Å². The van der Waals surface area contributed by atoms with E-state index < -0.39 is 0 Å². The van der Waals surface area contributed by atoms with Gasteiger partial charge in [0.05, 0.1) is 0 Å². The summed E-state index contributed by atoms with van der Waals surface area (Å²) in [6.07, 6.45) is 0. The first-order chi connectivity index (χ1) is 1.00. The molecule has 0 atom stereocenters. The second-order valence-corrected chi connectivity index (χ2v) is 0. The Morgan fingerprint density at radius 1 is 0.750 bits per heavy atom. The minimum Gasteiger partial charge on any atom is -0.147 e. The summed E-state index contributed by atoms with van der Waals surface area (Å²) in [5.41, 5.74) is 0. The van der Waals surface area contributed by atoms with E-state index >= 15 is 0 Å². The van der Waals surface area contributed by atoms with Crippen LogP contribution in [0.15, 0.2) is 0 Å². The van der Waals surface area contributed by atoms with E-state index in [2.05, 4.69) is 0 Å². The molecule has 0 aliphatic carbocycles. The number of hydrogen-bond donors (Lipinski definition) is 0. The molecule has 0 aromatic rings. The second kappa shape index (κ2) is 0. The van der Waals surface area contributed by atoms with Crippen molar-refractivity contribution in [1.82, 2.24) is 0 Å². The molecule has 2 nitrogen and oxygen atoms in total. The summed E-state index contributed by atoms with van der Waals surface area (Å²) < 4.78 is 0. The Morgan fingerprint density at radius 2 is 0.750 bits per heavy atom. The first kappa shape index (κ1) is 36.0. The third kappa shape index (κ3) is 0. The average Bonchev–Trinajstić information content (AvgIpc) is 1.00. The molecule has 0 aromatic carbocycles. The van der Waals surface area contributed by atoms with Gasteiger partial charge in [-0.1, -0.05) is 0 Å². The van der Waals surface area contributed by atoms with Gasteiger partial charge in [-0.15, -0.1) is 24.8 Å². The molecule has 0 aliphatic rings. The summed E-state index contributed by atoms with van der Waals surface area (Å²) in [5.74, 6) is 0. The van der Waals surface area contributed by atoms with Crippen LogP contribution in [-0.4, -0.2) is 0 Å². The summed E-state index contributed by atoms with van der Waals surface area (Å²) in [4.78, 5) is 0. The SMILES string of the molecule is Cl.Cl.N#N. The van der Waals surface area contributed by atoms with Crippen molar-refractivity contribution >= 4 is 24.8 Å². The molecule has 0 rings (SSSR count). The van der Waals surface area contributed by atoms with Gasteiger partial charge in [-0.2, -0.15) is 0 Å². The van der Waals surface area contributed by atoms with Crippen LogP contribution in [-0.2, 0) is 0 Å². The third-order valence-electron chi connectivity index (χ3n) is 0. The Labute approximate surface area is 36.4 Å². The lowest BCUT2D eigenvalue weighted by atomic mass is 13.4. The van der Waals surface area contributed by atoms with Gasteiger partial charge in [0, 0.05) is 10.8 Å². The lowest BCUT2D eigenvalue weighted by Gasteiger charge is -0.577. The Hall–Kier alpha value is 0. The van der Waals surface area contributed by atoms with Crippen molar-refractivity contribution in [2.75, 3.05) is 0 Å². The van der Waals surface area contributed by atoms with Crippen molar-refractivity contribution in [3.05, 3.63) is 0 Å². The van der Waals surface area contributed by atoms with Gasteiger partial charge in [0.15, 0.2) is 0 Å². The van der Waals surface area contributed by atoms with Crippen molar-refractivity contribution in [3.8, 4) is 0 Å². The Kier molecular flexibility index (Phi) is 0. The molecule has 0 heterocycles. The van der Waals surface area contributed by atoms with Crippen LogP contribution in [0.4, 0.5) is 0 Å². The Bertz CT molecular complexity index is 8.75. The van der Waals surface area contributed by atoms with Crippen molar-refractivity contribution < 1.29 is 0 Å². The van der Waals surface area contributed by atoms with E-state index in [4.69, 9.17) is 10.8 Å². The highest BCUT2D eigenvalue weighted by molar-refractivity contribution is 5.85. The normalized spacial score (nSPS) is 0.500. The van der Waals surface area contributed by atoms with E-state index in [-0.39, 0.29) is 24.8 Å². The van der Waals surface area contributed by atoms with Gasteiger partial charge >= 0.3 is 0 Å². The van der Waals surface area contributed by atoms with E-state index in [1.807, 2.05) is 0 Å². The third-order valence-corrected chi connectivity index (χ3v) is 0. The lowest BCUT2D eigenvalue weighted by Crippen LogP contribution is -0.562. The van der Waals surface area contributed by atoms with E-state index in [9.17, 15) is 0 Å². The zero-order valence-electron chi connectivity index (χ0n) is 1.71. The van der Waals surface area contributed by atoms with Gasteiger partial charge in [-0.3, -0.25) is 0 Å². The fraction of sp³-hybridized carbons (Fsp3) is 0. The van der Waals surface area contributed by atoms with Gasteiger partial charge in [0.1, 0.15) is 0 Å². The molecule has 0 aliphatic heterocycles. The fourth-order valence-corrected chi connectivity index (χ4v) is 0. The molecule has 0 fully saturated rings. The summed E-state index contributed by atoms with van der Waals surface area (Å²) in [7, 11) is 0. The van der Waals surface area contributed by atoms with Gasteiger partial charge in [-0.25, -0.2) is 0 Å². The molecule has 0 bridgehead atoms. The fourth-order valence-electron chi connectivity index (χ4n) is 0. The average molecular weight is 101 g/mol. The summed E-state index contributed by atoms with van der Waals surface area (Å²) >= 11 is 0. The smallest absolute Gasteiger partial charge is 0 e. The van der Waals surface area contributed by atoms with Crippen LogP contribution in [0.5, 0.6) is 0 Å². The van der Waals surface area contributed by atoms with Crippen LogP contribution in [0.25, 0.3) is 0 Å². The van der Waals surface area contributed by atoms with Crippen LogP contribution in [0, 0.1) is 10.8 Å². The maximum absolute atomic E-state index is 6.00. The molecule has 26 valence electrons. The number of rotatable bonds is 0. The predicted octanol–water partition coefficient (Wildman–Crippen LogP) is 0.874. The highest BCUT2D eigenvalue weighted by Gasteiger charge is 0.577. The van der Waals surface area contributed by atoms with Crippen LogP contribution in [0.3, 0.4) is 0 Å². The van der Waals surface area contributed by atoms with Crippen LogP contribution < -0.4 is 0 Å². The number of nitrogens with zero attached hydrogens (tertiary/aromatic N) is 2. The summed E-state index contributed by atoms with van der Waals surface area (Å²) in [6.45, 7) is 0. The molecule has 4 heteroatoms. The van der Waals surface area contributed by atoms with Gasteiger partial charge in [-0.05, 0) is 0 Å². The summed E-state index contributed by atoms with van der Waals surface area (Å²) in [6, 6.07) is 0. The number of hydrogen-bond acceptors (Lipinski definition) is 2. The molecule has 0 aromatic heterocycles. The van der Waals surface area contributed by atoms with E-state index in [0.717, 1.165) is 0 Å². The van der Waals surface area contributed by atoms with Crippen LogP contribution >= 0.6 is 24.8 Å². The monoisotopic (exact) mass is 100.0 g/mol. The van der Waals surface area contributed by atoms with Crippen LogP contribution in [0.2, 0.25) is 0 Å². The zero-order valence-corrected chi connectivity index (χ0v) is 3.34. The van der Waals surface area contributed by atoms with Crippen molar-refractivity contribution in [1.29, 1.82) is 10.8 Å². The van der Waals surface area contributed by atoms with E-state index in [1.54, 1.807) is 0 Å². The molecule has 0 amide bonds. The first-order valence-electron chi connectivity index (χ1n) is 0.200. The molecule has 0 N–H and O–H groups in total. The highest BCUT2D eigenvalue weighted by Crippen LogP contribution is 0.691. The standard InChI is InChI=1S/2ClH.N2/c;;1-2/h2*1H;. The minimum atomic E-state index is 0. The van der Waals surface area contributed by atoms with Crippen molar-refractivity contribution in [3.63, 3.8) is 0 Å². The van der Waals surface area contributed by atoms with Crippen LogP contribution in [0.1, 0.15) is 0 Å². The molecule has 0 saturated carbocycles. The predicted molar refractivity (Wildman–Crippen MR) is 17.9 cm³/mol. The first-order valence-corrected chi connectivity index (χ1v) is 0.200. The van der Waals surface area contributed by atoms with Gasteiger partial charge < -0.3 is 0 Å². The largest absolute Gasteiger partial charge is 0.147 e. The van der Waals surface area contributed by atoms with Crippen molar-refractivity contribution in [2.45, 2.75) is 0 Å². The number of halogens is 2. The second-order valence-electron chi connectivity index (χ2n) is 0. The van der Waals surface area contributed by atoms with Gasteiger partial charge in [0.2, 0.25) is 0 Å². The molecule has 0 saturated heterocycles. The molecular formula is H2Cl2N2. The topological polar surface area (TPSA) is 47.6 Å². The maximum Gasteiger partial charge on any atom is 0 e.